The zero-order valence-electron chi connectivity index (χ0n) is 8.78. The highest BCUT2D eigenvalue weighted by Crippen LogP contribution is 2.33. The molecule has 0 spiro atoms. The fourth-order valence-electron chi connectivity index (χ4n) is 1.19. The number of benzene rings is 1. The summed E-state index contributed by atoms with van der Waals surface area (Å²) in [5.74, 6) is -1.22. The van der Waals surface area contributed by atoms with Crippen LogP contribution in [0.25, 0.3) is 6.08 Å². The molecule has 17 heavy (non-hydrogen) atoms. The molecule has 0 fully saturated rings. The lowest BCUT2D eigenvalue weighted by Gasteiger charge is -2.10. The highest BCUT2D eigenvalue weighted by Gasteiger charge is 2.31. The largest absolute Gasteiger partial charge is 0.496 e. The molecule has 0 aromatic heterocycles. The summed E-state index contributed by atoms with van der Waals surface area (Å²) in [5, 5.41) is 8.41. The molecule has 1 aromatic rings. The summed E-state index contributed by atoms with van der Waals surface area (Å²) in [6.45, 7) is 0. The molecule has 0 unspecified atom stereocenters. The number of hydrogen-bond donors (Lipinski definition) is 1. The molecule has 0 aliphatic rings. The van der Waals surface area contributed by atoms with Crippen molar-refractivity contribution in [1.82, 2.24) is 0 Å². The minimum atomic E-state index is -4.46. The molecule has 1 aromatic carbocycles. The first-order valence-corrected chi connectivity index (χ1v) is 4.51. The number of rotatable bonds is 3. The van der Waals surface area contributed by atoms with Gasteiger partial charge in [-0.3, -0.25) is 0 Å². The lowest BCUT2D eigenvalue weighted by atomic mass is 10.1. The van der Waals surface area contributed by atoms with E-state index in [1.54, 1.807) is 0 Å². The topological polar surface area (TPSA) is 46.5 Å². The van der Waals surface area contributed by atoms with Crippen molar-refractivity contribution in [2.75, 3.05) is 7.11 Å². The van der Waals surface area contributed by atoms with E-state index >= 15 is 0 Å². The van der Waals surface area contributed by atoms with E-state index in [0.717, 1.165) is 24.3 Å². The second-order valence-corrected chi connectivity index (χ2v) is 3.13. The molecule has 0 saturated carbocycles. The molecule has 3 nitrogen and oxygen atoms in total. The van der Waals surface area contributed by atoms with Crippen LogP contribution in [0.1, 0.15) is 11.1 Å². The number of hydrogen-bond acceptors (Lipinski definition) is 2. The number of carboxylic acid groups (broad SMARTS) is 1. The lowest BCUT2D eigenvalue weighted by molar-refractivity contribution is -0.137. The summed E-state index contributed by atoms with van der Waals surface area (Å²) in [7, 11) is 1.22. The molecule has 0 saturated heterocycles. The van der Waals surface area contributed by atoms with Crippen LogP contribution in [0.15, 0.2) is 24.3 Å². The Kier molecular flexibility index (Phi) is 3.77. The van der Waals surface area contributed by atoms with Gasteiger partial charge in [-0.15, -0.1) is 0 Å². The Morgan fingerprint density at radius 2 is 2.06 bits per heavy atom. The van der Waals surface area contributed by atoms with Gasteiger partial charge in [0, 0.05) is 11.6 Å². The molecule has 1 rings (SSSR count). The zero-order chi connectivity index (χ0) is 13.1. The van der Waals surface area contributed by atoms with Crippen molar-refractivity contribution < 1.29 is 27.8 Å². The van der Waals surface area contributed by atoms with E-state index in [2.05, 4.69) is 0 Å². The first-order chi connectivity index (χ1) is 7.84. The van der Waals surface area contributed by atoms with Gasteiger partial charge < -0.3 is 9.84 Å². The summed E-state index contributed by atoms with van der Waals surface area (Å²) in [4.78, 5) is 10.3. The van der Waals surface area contributed by atoms with Crippen molar-refractivity contribution >= 4 is 12.0 Å². The minimum Gasteiger partial charge on any atom is -0.496 e. The van der Waals surface area contributed by atoms with Gasteiger partial charge in [0.1, 0.15) is 5.75 Å². The van der Waals surface area contributed by atoms with Crippen molar-refractivity contribution in [3.63, 3.8) is 0 Å². The molecule has 0 radical (unpaired) electrons. The number of aliphatic carboxylic acids is 1. The van der Waals surface area contributed by atoms with E-state index in [4.69, 9.17) is 9.84 Å². The fraction of sp³-hybridized carbons (Fsp3) is 0.182. The molecule has 92 valence electrons. The summed E-state index contributed by atoms with van der Waals surface area (Å²) in [5.41, 5.74) is -0.579. The van der Waals surface area contributed by atoms with Gasteiger partial charge in [0.05, 0.1) is 12.7 Å². The van der Waals surface area contributed by atoms with Crippen LogP contribution >= 0.6 is 0 Å². The number of ether oxygens (including phenoxy) is 1. The van der Waals surface area contributed by atoms with Gasteiger partial charge in [0.25, 0.3) is 0 Å². The number of carbonyl (C=O) groups is 1. The van der Waals surface area contributed by atoms with Crippen molar-refractivity contribution in [3.8, 4) is 5.75 Å². The third-order valence-electron chi connectivity index (χ3n) is 1.97. The first kappa shape index (κ1) is 13.1. The molecule has 0 aliphatic heterocycles. The highest BCUT2D eigenvalue weighted by atomic mass is 19.4. The molecular weight excluding hydrogens is 237 g/mol. The second-order valence-electron chi connectivity index (χ2n) is 3.13. The predicted octanol–water partition coefficient (Wildman–Crippen LogP) is 2.81. The maximum absolute atomic E-state index is 12.4. The van der Waals surface area contributed by atoms with Crippen molar-refractivity contribution in [3.05, 3.63) is 35.4 Å². The predicted molar refractivity (Wildman–Crippen MR) is 54.7 cm³/mol. The Labute approximate surface area is 95.1 Å². The normalized spacial score (nSPS) is 11.8. The van der Waals surface area contributed by atoms with Crippen LogP contribution in [0.4, 0.5) is 13.2 Å². The smallest absolute Gasteiger partial charge is 0.416 e. The molecule has 0 aliphatic carbocycles. The van der Waals surface area contributed by atoms with E-state index < -0.39 is 17.7 Å². The van der Waals surface area contributed by atoms with Gasteiger partial charge in [-0.05, 0) is 18.2 Å². The van der Waals surface area contributed by atoms with Crippen LogP contribution in [0, 0.1) is 0 Å². The van der Waals surface area contributed by atoms with Crippen LogP contribution in [-0.4, -0.2) is 18.2 Å². The average Bonchev–Trinajstić information content (AvgIpc) is 2.24. The van der Waals surface area contributed by atoms with Gasteiger partial charge in [0.2, 0.25) is 0 Å². The highest BCUT2D eigenvalue weighted by molar-refractivity contribution is 5.85. The standard InChI is InChI=1S/C11H9F3O3/c1-17-9-6-8(11(12,13)14)4-2-7(9)3-5-10(15)16/h2-6H,1H3,(H,15,16)/b5-3-. The Balaban J connectivity index is 3.14. The van der Waals surface area contributed by atoms with Gasteiger partial charge in [0.15, 0.2) is 0 Å². The van der Waals surface area contributed by atoms with Crippen molar-refractivity contribution in [2.24, 2.45) is 0 Å². The number of carboxylic acids is 1. The van der Waals surface area contributed by atoms with E-state index in [-0.39, 0.29) is 11.3 Å². The quantitative estimate of drug-likeness (QED) is 0.834. The summed E-state index contributed by atoms with van der Waals surface area (Å²) in [6.07, 6.45) is -2.46. The van der Waals surface area contributed by atoms with E-state index in [1.165, 1.54) is 13.2 Å². The van der Waals surface area contributed by atoms with Crippen LogP contribution < -0.4 is 4.74 Å². The third-order valence-corrected chi connectivity index (χ3v) is 1.97. The number of methoxy groups -OCH3 is 1. The maximum Gasteiger partial charge on any atom is 0.416 e. The van der Waals surface area contributed by atoms with Crippen LogP contribution in [-0.2, 0) is 11.0 Å². The Bertz CT molecular complexity index is 450. The average molecular weight is 246 g/mol. The van der Waals surface area contributed by atoms with Gasteiger partial charge in [-0.25, -0.2) is 4.79 Å². The number of halogens is 3. The molecular formula is C11H9F3O3. The van der Waals surface area contributed by atoms with Crippen LogP contribution in [0.2, 0.25) is 0 Å². The summed E-state index contributed by atoms with van der Waals surface area (Å²) in [6, 6.07) is 2.84. The number of alkyl halides is 3. The Morgan fingerprint density at radius 3 is 2.53 bits per heavy atom. The molecule has 0 bridgehead atoms. The van der Waals surface area contributed by atoms with Crippen LogP contribution in [0.5, 0.6) is 5.75 Å². The van der Waals surface area contributed by atoms with Crippen LogP contribution in [0.3, 0.4) is 0 Å². The molecule has 6 heteroatoms. The maximum atomic E-state index is 12.4. The fourth-order valence-corrected chi connectivity index (χ4v) is 1.19. The Hall–Kier alpha value is -1.98. The summed E-state index contributed by atoms with van der Waals surface area (Å²) >= 11 is 0. The lowest BCUT2D eigenvalue weighted by Crippen LogP contribution is -2.05. The van der Waals surface area contributed by atoms with E-state index in [0.29, 0.717) is 0 Å². The van der Waals surface area contributed by atoms with Gasteiger partial charge >= 0.3 is 12.1 Å². The third kappa shape index (κ3) is 3.51. The van der Waals surface area contributed by atoms with Crippen molar-refractivity contribution in [1.29, 1.82) is 0 Å². The molecule has 1 N–H and O–H groups in total. The van der Waals surface area contributed by atoms with Crippen molar-refractivity contribution in [2.45, 2.75) is 6.18 Å². The molecule has 0 atom stereocenters. The summed E-state index contributed by atoms with van der Waals surface area (Å²) < 4.78 is 41.9. The molecule has 0 heterocycles. The van der Waals surface area contributed by atoms with E-state index in [1.807, 2.05) is 0 Å². The minimum absolute atomic E-state index is 0.0303. The molecule has 0 amide bonds. The SMILES string of the molecule is COc1cc(C(F)(F)F)ccc1/C=C\C(=O)O. The zero-order valence-corrected chi connectivity index (χ0v) is 8.78. The Morgan fingerprint density at radius 1 is 1.41 bits per heavy atom. The monoisotopic (exact) mass is 246 g/mol. The van der Waals surface area contributed by atoms with Gasteiger partial charge in [-0.2, -0.15) is 13.2 Å². The second kappa shape index (κ2) is 4.90. The first-order valence-electron chi connectivity index (χ1n) is 4.51. The van der Waals surface area contributed by atoms with E-state index in [9.17, 15) is 18.0 Å². The van der Waals surface area contributed by atoms with Gasteiger partial charge in [-0.1, -0.05) is 6.07 Å².